The molecular formula is C13H23N5. The van der Waals surface area contributed by atoms with Gasteiger partial charge in [-0.1, -0.05) is 0 Å². The van der Waals surface area contributed by atoms with Gasteiger partial charge in [-0.3, -0.25) is 0 Å². The van der Waals surface area contributed by atoms with Gasteiger partial charge < -0.3 is 15.5 Å². The number of aromatic nitrogens is 2. The predicted octanol–water partition coefficient (Wildman–Crippen LogP) is 0.646. The second-order valence-electron chi connectivity index (χ2n) is 4.88. The van der Waals surface area contributed by atoms with Gasteiger partial charge in [0.05, 0.1) is 0 Å². The molecule has 0 aromatic carbocycles. The fraction of sp³-hybridized carbons (Fsp3) is 0.692. The minimum Gasteiger partial charge on any atom is -0.339 e. The smallest absolute Gasteiger partial charge is 0.225 e. The van der Waals surface area contributed by atoms with Crippen molar-refractivity contribution in [3.8, 4) is 0 Å². The van der Waals surface area contributed by atoms with Gasteiger partial charge in [0.2, 0.25) is 5.95 Å². The summed E-state index contributed by atoms with van der Waals surface area (Å²) in [7, 11) is 0. The van der Waals surface area contributed by atoms with E-state index in [0.717, 1.165) is 57.2 Å². The van der Waals surface area contributed by atoms with E-state index >= 15 is 0 Å². The number of rotatable bonds is 4. The minimum absolute atomic E-state index is 0.779. The van der Waals surface area contributed by atoms with Gasteiger partial charge in [0.25, 0.3) is 0 Å². The van der Waals surface area contributed by atoms with E-state index in [0.29, 0.717) is 0 Å². The zero-order chi connectivity index (χ0) is 12.8. The Hall–Kier alpha value is -1.20. The van der Waals surface area contributed by atoms with Crippen molar-refractivity contribution < 1.29 is 0 Å². The van der Waals surface area contributed by atoms with E-state index in [1.54, 1.807) is 0 Å². The van der Waals surface area contributed by atoms with Crippen LogP contribution in [0.25, 0.3) is 0 Å². The Morgan fingerprint density at radius 1 is 1.17 bits per heavy atom. The Morgan fingerprint density at radius 3 is 2.67 bits per heavy atom. The van der Waals surface area contributed by atoms with E-state index in [1.165, 1.54) is 6.42 Å². The molecule has 5 heteroatoms. The maximum absolute atomic E-state index is 5.56. The van der Waals surface area contributed by atoms with Gasteiger partial charge in [0.15, 0.2) is 0 Å². The molecule has 2 heterocycles. The van der Waals surface area contributed by atoms with Crippen LogP contribution < -0.4 is 10.6 Å². The Labute approximate surface area is 109 Å². The fourth-order valence-corrected chi connectivity index (χ4v) is 2.26. The van der Waals surface area contributed by atoms with Crippen molar-refractivity contribution in [1.29, 1.82) is 0 Å². The standard InChI is InChI=1S/C13H23N5/c1-12-10-15-13(16-11-12)18-7-3-6-17(8-9-18)5-2-4-14/h10-11H,2-9,14H2,1H3. The number of hydrogen-bond acceptors (Lipinski definition) is 5. The predicted molar refractivity (Wildman–Crippen MR) is 73.7 cm³/mol. The highest BCUT2D eigenvalue weighted by Gasteiger charge is 2.16. The molecule has 1 aliphatic heterocycles. The summed E-state index contributed by atoms with van der Waals surface area (Å²) in [4.78, 5) is 13.6. The van der Waals surface area contributed by atoms with Gasteiger partial charge in [-0.05, 0) is 45.0 Å². The van der Waals surface area contributed by atoms with Crippen LogP contribution in [0, 0.1) is 6.92 Å². The zero-order valence-corrected chi connectivity index (χ0v) is 11.2. The topological polar surface area (TPSA) is 58.3 Å². The summed E-state index contributed by atoms with van der Waals surface area (Å²) in [6, 6.07) is 0. The average molecular weight is 249 g/mol. The normalized spacial score (nSPS) is 17.8. The largest absolute Gasteiger partial charge is 0.339 e. The molecule has 1 saturated heterocycles. The first-order valence-electron chi connectivity index (χ1n) is 6.75. The third-order valence-corrected chi connectivity index (χ3v) is 3.32. The average Bonchev–Trinajstić information content (AvgIpc) is 2.63. The lowest BCUT2D eigenvalue weighted by atomic mass is 10.3. The second-order valence-corrected chi connectivity index (χ2v) is 4.88. The fourth-order valence-electron chi connectivity index (χ4n) is 2.26. The highest BCUT2D eigenvalue weighted by atomic mass is 15.3. The highest BCUT2D eigenvalue weighted by molar-refractivity contribution is 5.29. The SMILES string of the molecule is Cc1cnc(N2CCCN(CCCN)CC2)nc1. The number of nitrogens with zero attached hydrogens (tertiary/aromatic N) is 4. The summed E-state index contributed by atoms with van der Waals surface area (Å²) in [5.74, 6) is 0.862. The van der Waals surface area contributed by atoms with Crippen LogP contribution in [0.5, 0.6) is 0 Å². The quantitative estimate of drug-likeness (QED) is 0.849. The Balaban J connectivity index is 1.90. The molecule has 0 spiro atoms. The first-order chi connectivity index (χ1) is 8.79. The Bertz CT molecular complexity index is 351. The van der Waals surface area contributed by atoms with Gasteiger partial charge >= 0.3 is 0 Å². The van der Waals surface area contributed by atoms with E-state index in [1.807, 2.05) is 19.3 Å². The van der Waals surface area contributed by atoms with Crippen molar-refractivity contribution in [3.05, 3.63) is 18.0 Å². The number of anilines is 1. The molecule has 2 N–H and O–H groups in total. The maximum Gasteiger partial charge on any atom is 0.225 e. The number of nitrogens with two attached hydrogens (primary N) is 1. The third kappa shape index (κ3) is 3.65. The van der Waals surface area contributed by atoms with E-state index in [-0.39, 0.29) is 0 Å². The number of aryl methyl sites for hydroxylation is 1. The van der Waals surface area contributed by atoms with Crippen molar-refractivity contribution in [3.63, 3.8) is 0 Å². The lowest BCUT2D eigenvalue weighted by molar-refractivity contribution is 0.291. The van der Waals surface area contributed by atoms with Crippen molar-refractivity contribution >= 4 is 5.95 Å². The number of hydrogen-bond donors (Lipinski definition) is 1. The summed E-state index contributed by atoms with van der Waals surface area (Å²) in [6.45, 7) is 8.19. The van der Waals surface area contributed by atoms with Gasteiger partial charge in [-0.2, -0.15) is 0 Å². The molecule has 0 bridgehead atoms. The van der Waals surface area contributed by atoms with Crippen LogP contribution in [-0.2, 0) is 0 Å². The summed E-state index contributed by atoms with van der Waals surface area (Å²) < 4.78 is 0. The summed E-state index contributed by atoms with van der Waals surface area (Å²) >= 11 is 0. The van der Waals surface area contributed by atoms with Crippen LogP contribution in [0.3, 0.4) is 0 Å². The first kappa shape index (κ1) is 13.2. The Kier molecular flexibility index (Phi) is 4.90. The van der Waals surface area contributed by atoms with Gasteiger partial charge in [0.1, 0.15) is 0 Å². The van der Waals surface area contributed by atoms with E-state index in [4.69, 9.17) is 5.73 Å². The lowest BCUT2D eigenvalue weighted by Gasteiger charge is -2.21. The van der Waals surface area contributed by atoms with Crippen LogP contribution in [0.2, 0.25) is 0 Å². The van der Waals surface area contributed by atoms with Gasteiger partial charge in [-0.15, -0.1) is 0 Å². The van der Waals surface area contributed by atoms with Crippen molar-refractivity contribution in [2.45, 2.75) is 19.8 Å². The molecule has 2 rings (SSSR count). The molecular weight excluding hydrogens is 226 g/mol. The summed E-state index contributed by atoms with van der Waals surface area (Å²) in [6.07, 6.45) is 6.03. The van der Waals surface area contributed by atoms with Gasteiger partial charge in [0, 0.05) is 32.0 Å². The molecule has 18 heavy (non-hydrogen) atoms. The monoisotopic (exact) mass is 249 g/mol. The Morgan fingerprint density at radius 2 is 1.94 bits per heavy atom. The molecule has 5 nitrogen and oxygen atoms in total. The van der Waals surface area contributed by atoms with Gasteiger partial charge in [-0.25, -0.2) is 9.97 Å². The van der Waals surface area contributed by atoms with E-state index in [9.17, 15) is 0 Å². The molecule has 0 aliphatic carbocycles. The molecule has 0 amide bonds. The molecule has 0 atom stereocenters. The summed E-state index contributed by atoms with van der Waals surface area (Å²) in [5.41, 5.74) is 6.67. The molecule has 0 unspecified atom stereocenters. The van der Waals surface area contributed by atoms with Crippen LogP contribution in [-0.4, -0.2) is 54.1 Å². The zero-order valence-electron chi connectivity index (χ0n) is 11.2. The van der Waals surface area contributed by atoms with Crippen molar-refractivity contribution in [1.82, 2.24) is 14.9 Å². The van der Waals surface area contributed by atoms with Crippen LogP contribution in [0.15, 0.2) is 12.4 Å². The molecule has 0 saturated carbocycles. The molecule has 1 aromatic heterocycles. The first-order valence-corrected chi connectivity index (χ1v) is 6.75. The van der Waals surface area contributed by atoms with E-state index in [2.05, 4.69) is 19.8 Å². The maximum atomic E-state index is 5.56. The summed E-state index contributed by atoms with van der Waals surface area (Å²) in [5, 5.41) is 0. The second kappa shape index (κ2) is 6.66. The molecule has 1 aliphatic rings. The van der Waals surface area contributed by atoms with Crippen molar-refractivity contribution in [2.75, 3.05) is 44.2 Å². The van der Waals surface area contributed by atoms with Crippen LogP contribution in [0.1, 0.15) is 18.4 Å². The lowest BCUT2D eigenvalue weighted by Crippen LogP contribution is -2.32. The van der Waals surface area contributed by atoms with Crippen LogP contribution in [0.4, 0.5) is 5.95 Å². The van der Waals surface area contributed by atoms with Crippen LogP contribution >= 0.6 is 0 Å². The molecule has 1 fully saturated rings. The minimum atomic E-state index is 0.779. The van der Waals surface area contributed by atoms with E-state index < -0.39 is 0 Å². The highest BCUT2D eigenvalue weighted by Crippen LogP contribution is 2.11. The molecule has 0 radical (unpaired) electrons. The third-order valence-electron chi connectivity index (χ3n) is 3.32. The molecule has 100 valence electrons. The van der Waals surface area contributed by atoms with Crippen molar-refractivity contribution in [2.24, 2.45) is 5.73 Å². The molecule has 1 aromatic rings.